The molecule has 0 fully saturated rings. The molecule has 3 rings (SSSR count). The SMILES string of the molecule is CCN(c1ccccc1)S(=O)(=O)c1ccc(N(C)Cc2ccc(OC)cc2)[nH+]c1. The minimum Gasteiger partial charge on any atom is -0.497 e. The number of anilines is 2. The number of aromatic amines is 1. The molecular formula is C22H26N3O3S+. The molecule has 0 saturated carbocycles. The average molecular weight is 413 g/mol. The fraction of sp³-hybridized carbons (Fsp3) is 0.227. The van der Waals surface area contributed by atoms with Gasteiger partial charge in [-0.15, -0.1) is 0 Å². The van der Waals surface area contributed by atoms with Crippen LogP contribution in [0.1, 0.15) is 12.5 Å². The maximum absolute atomic E-state index is 13.1. The van der Waals surface area contributed by atoms with Crippen LogP contribution < -0.4 is 18.9 Å². The second kappa shape index (κ2) is 8.96. The molecule has 0 aliphatic rings. The van der Waals surface area contributed by atoms with Gasteiger partial charge < -0.3 is 4.74 Å². The van der Waals surface area contributed by atoms with Gasteiger partial charge in [0.2, 0.25) is 0 Å². The molecule has 0 atom stereocenters. The molecule has 2 aromatic carbocycles. The Balaban J connectivity index is 1.77. The van der Waals surface area contributed by atoms with E-state index in [1.807, 2.05) is 61.3 Å². The highest BCUT2D eigenvalue weighted by atomic mass is 32.2. The topological polar surface area (TPSA) is 64.0 Å². The number of hydrogen-bond donors (Lipinski definition) is 0. The van der Waals surface area contributed by atoms with E-state index in [9.17, 15) is 8.42 Å². The summed E-state index contributed by atoms with van der Waals surface area (Å²) < 4.78 is 32.7. The summed E-state index contributed by atoms with van der Waals surface area (Å²) in [5.74, 6) is 1.64. The highest BCUT2D eigenvalue weighted by Gasteiger charge is 2.25. The number of ether oxygens (including phenoxy) is 1. The Kier molecular flexibility index (Phi) is 6.39. The lowest BCUT2D eigenvalue weighted by molar-refractivity contribution is -0.367. The van der Waals surface area contributed by atoms with Crippen LogP contribution >= 0.6 is 0 Å². The summed E-state index contributed by atoms with van der Waals surface area (Å²) in [6.07, 6.45) is 1.54. The Labute approximate surface area is 172 Å². The van der Waals surface area contributed by atoms with Crippen molar-refractivity contribution >= 4 is 21.5 Å². The summed E-state index contributed by atoms with van der Waals surface area (Å²) in [6.45, 7) is 2.86. The number of nitrogens with zero attached hydrogens (tertiary/aromatic N) is 2. The van der Waals surface area contributed by atoms with E-state index in [1.165, 1.54) is 4.31 Å². The van der Waals surface area contributed by atoms with E-state index in [0.717, 1.165) is 17.1 Å². The molecule has 1 heterocycles. The maximum atomic E-state index is 13.1. The minimum atomic E-state index is -3.64. The van der Waals surface area contributed by atoms with Crippen molar-refractivity contribution in [3.05, 3.63) is 78.5 Å². The van der Waals surface area contributed by atoms with Crippen molar-refractivity contribution < 1.29 is 18.1 Å². The van der Waals surface area contributed by atoms with Gasteiger partial charge in [-0.25, -0.2) is 13.4 Å². The van der Waals surface area contributed by atoms with Gasteiger partial charge in [0, 0.05) is 12.6 Å². The number of hydrogen-bond acceptors (Lipinski definition) is 4. The number of rotatable bonds is 8. The van der Waals surface area contributed by atoms with Gasteiger partial charge in [0.1, 0.15) is 23.4 Å². The molecule has 0 unspecified atom stereocenters. The zero-order chi connectivity index (χ0) is 20.9. The number of pyridine rings is 1. The van der Waals surface area contributed by atoms with E-state index in [2.05, 4.69) is 4.98 Å². The van der Waals surface area contributed by atoms with E-state index in [0.29, 0.717) is 18.8 Å². The summed E-state index contributed by atoms with van der Waals surface area (Å²) in [7, 11) is -0.0506. The predicted octanol–water partition coefficient (Wildman–Crippen LogP) is 3.36. The van der Waals surface area contributed by atoms with Gasteiger partial charge in [-0.1, -0.05) is 30.3 Å². The van der Waals surface area contributed by atoms with Gasteiger partial charge in [0.15, 0.2) is 0 Å². The lowest BCUT2D eigenvalue weighted by atomic mass is 10.2. The molecule has 1 aromatic heterocycles. The van der Waals surface area contributed by atoms with Crippen molar-refractivity contribution in [2.24, 2.45) is 0 Å². The first kappa shape index (κ1) is 20.7. The summed E-state index contributed by atoms with van der Waals surface area (Å²) in [5, 5.41) is 0. The summed E-state index contributed by atoms with van der Waals surface area (Å²) in [5.41, 5.74) is 1.77. The Morgan fingerprint density at radius 1 is 0.966 bits per heavy atom. The number of para-hydroxylation sites is 1. The fourth-order valence-electron chi connectivity index (χ4n) is 3.10. The Morgan fingerprint density at radius 3 is 2.21 bits per heavy atom. The first-order chi connectivity index (χ1) is 14.0. The van der Waals surface area contributed by atoms with Crippen LogP contribution in [0.25, 0.3) is 0 Å². The van der Waals surface area contributed by atoms with Gasteiger partial charge in [-0.05, 0) is 42.8 Å². The first-order valence-electron chi connectivity index (χ1n) is 9.39. The average Bonchev–Trinajstić information content (AvgIpc) is 2.75. The molecule has 1 N–H and O–H groups in total. The van der Waals surface area contributed by atoms with E-state index in [4.69, 9.17) is 4.74 Å². The standard InChI is InChI=1S/C22H25N3O3S/c1-4-25(19-8-6-5-7-9-19)29(26,27)21-14-15-22(23-16-21)24(2)17-18-10-12-20(28-3)13-11-18/h5-16H,4,17H2,1-3H3/p+1. The molecular weight excluding hydrogens is 386 g/mol. The third-order valence-electron chi connectivity index (χ3n) is 4.68. The Morgan fingerprint density at radius 2 is 1.66 bits per heavy atom. The number of benzene rings is 2. The minimum absolute atomic E-state index is 0.227. The van der Waals surface area contributed by atoms with E-state index >= 15 is 0 Å². The Bertz CT molecular complexity index is 1020. The fourth-order valence-corrected chi connectivity index (χ4v) is 4.54. The van der Waals surface area contributed by atoms with Gasteiger partial charge in [0.05, 0.1) is 19.8 Å². The molecule has 7 heteroatoms. The number of methoxy groups -OCH3 is 1. The highest BCUT2D eigenvalue weighted by molar-refractivity contribution is 7.92. The van der Waals surface area contributed by atoms with Crippen molar-refractivity contribution in [1.29, 1.82) is 0 Å². The molecule has 6 nitrogen and oxygen atoms in total. The quantitative estimate of drug-likeness (QED) is 0.569. The molecule has 0 radical (unpaired) electrons. The monoisotopic (exact) mass is 412 g/mol. The smallest absolute Gasteiger partial charge is 0.274 e. The van der Waals surface area contributed by atoms with Gasteiger partial charge in [-0.2, -0.15) is 0 Å². The summed E-state index contributed by atoms with van der Waals surface area (Å²) >= 11 is 0. The molecule has 0 aliphatic heterocycles. The van der Waals surface area contributed by atoms with Crippen LogP contribution in [-0.2, 0) is 16.6 Å². The van der Waals surface area contributed by atoms with Crippen molar-refractivity contribution in [3.8, 4) is 5.75 Å². The summed E-state index contributed by atoms with van der Waals surface area (Å²) in [6, 6.07) is 20.4. The normalized spacial score (nSPS) is 11.1. The van der Waals surface area contributed by atoms with Crippen LogP contribution in [0.4, 0.5) is 11.5 Å². The molecule has 29 heavy (non-hydrogen) atoms. The van der Waals surface area contributed by atoms with Crippen molar-refractivity contribution in [1.82, 2.24) is 0 Å². The lowest BCUT2D eigenvalue weighted by Gasteiger charge is -2.22. The number of sulfonamides is 1. The van der Waals surface area contributed by atoms with Crippen molar-refractivity contribution in [2.45, 2.75) is 18.4 Å². The largest absolute Gasteiger partial charge is 0.497 e. The van der Waals surface area contributed by atoms with Crippen LogP contribution in [0.2, 0.25) is 0 Å². The summed E-state index contributed by atoms with van der Waals surface area (Å²) in [4.78, 5) is 5.36. The number of aromatic nitrogens is 1. The van der Waals surface area contributed by atoms with Gasteiger partial charge >= 0.3 is 0 Å². The van der Waals surface area contributed by atoms with E-state index in [1.54, 1.807) is 37.6 Å². The van der Waals surface area contributed by atoms with Crippen LogP contribution in [0.15, 0.2) is 77.8 Å². The second-order valence-electron chi connectivity index (χ2n) is 6.62. The molecule has 0 aliphatic carbocycles. The van der Waals surface area contributed by atoms with Gasteiger partial charge in [0.25, 0.3) is 15.8 Å². The number of nitrogens with one attached hydrogen (secondary N) is 1. The molecule has 0 saturated heterocycles. The molecule has 3 aromatic rings. The van der Waals surface area contributed by atoms with Crippen LogP contribution in [0.5, 0.6) is 5.75 Å². The van der Waals surface area contributed by atoms with Crippen LogP contribution in [0.3, 0.4) is 0 Å². The van der Waals surface area contributed by atoms with E-state index in [-0.39, 0.29) is 4.90 Å². The zero-order valence-corrected chi connectivity index (χ0v) is 17.7. The van der Waals surface area contributed by atoms with Crippen molar-refractivity contribution in [2.75, 3.05) is 29.9 Å². The third kappa shape index (κ3) is 4.68. The lowest BCUT2D eigenvalue weighted by Crippen LogP contribution is -2.32. The van der Waals surface area contributed by atoms with E-state index < -0.39 is 10.0 Å². The third-order valence-corrected chi connectivity index (χ3v) is 6.58. The second-order valence-corrected chi connectivity index (χ2v) is 8.48. The first-order valence-corrected chi connectivity index (χ1v) is 10.8. The highest BCUT2D eigenvalue weighted by Crippen LogP contribution is 2.23. The number of H-pyrrole nitrogens is 1. The Hall–Kier alpha value is -3.06. The molecule has 0 spiro atoms. The van der Waals surface area contributed by atoms with Crippen LogP contribution in [0, 0.1) is 0 Å². The molecule has 0 amide bonds. The maximum Gasteiger partial charge on any atom is 0.274 e. The van der Waals surface area contributed by atoms with Crippen LogP contribution in [-0.4, -0.2) is 29.1 Å². The zero-order valence-electron chi connectivity index (χ0n) is 16.9. The molecule has 0 bridgehead atoms. The predicted molar refractivity (Wildman–Crippen MR) is 115 cm³/mol. The van der Waals surface area contributed by atoms with Gasteiger partial charge in [-0.3, -0.25) is 9.21 Å². The molecule has 152 valence electrons. The van der Waals surface area contributed by atoms with Crippen molar-refractivity contribution in [3.63, 3.8) is 0 Å².